The first-order chi connectivity index (χ1) is 3.48. The second-order valence-electron chi connectivity index (χ2n) is 1.07. The quantitative estimate of drug-likeness (QED) is 0.436. The molecule has 0 aromatic heterocycles. The van der Waals surface area contributed by atoms with Crippen LogP contribution in [0.15, 0.2) is 0 Å². The Morgan fingerprint density at radius 3 is 2.00 bits per heavy atom. The van der Waals surface area contributed by atoms with Crippen LogP contribution >= 0.6 is 19.2 Å². The van der Waals surface area contributed by atoms with Gasteiger partial charge in [0.1, 0.15) is 0 Å². The van der Waals surface area contributed by atoms with Crippen molar-refractivity contribution in [2.24, 2.45) is 0 Å². The summed E-state index contributed by atoms with van der Waals surface area (Å²) in [4.78, 5) is 25.9. The molecule has 0 aliphatic heterocycles. The van der Waals surface area contributed by atoms with Crippen LogP contribution in [0.25, 0.3) is 0 Å². The van der Waals surface area contributed by atoms with Crippen molar-refractivity contribution < 1.29 is 19.1 Å². The molecule has 0 aliphatic rings. The minimum atomic E-state index is -4.53. The van der Waals surface area contributed by atoms with Crippen molar-refractivity contribution in [2.75, 3.05) is 5.88 Å². The summed E-state index contributed by atoms with van der Waals surface area (Å²) in [6.45, 7) is 0. The summed E-state index contributed by atoms with van der Waals surface area (Å²) >= 11 is 4.79. The molecule has 0 rings (SSSR count). The average Bonchev–Trinajstić information content (AvgIpc) is 1.62. The van der Waals surface area contributed by atoms with Gasteiger partial charge in [-0.2, -0.15) is 0 Å². The van der Waals surface area contributed by atoms with Crippen LogP contribution in [0, 0.1) is 0 Å². The summed E-state index contributed by atoms with van der Waals surface area (Å²) in [7, 11) is -4.53. The van der Waals surface area contributed by atoms with E-state index in [0.717, 1.165) is 0 Å². The fourth-order valence-corrected chi connectivity index (χ4v) is 0.701. The third kappa shape index (κ3) is 2.43. The maximum atomic E-state index is 9.94. The highest BCUT2D eigenvalue weighted by Gasteiger charge is 2.23. The highest BCUT2D eigenvalue weighted by Crippen LogP contribution is 2.35. The van der Waals surface area contributed by atoms with Crippen LogP contribution in [0.4, 0.5) is 0 Å². The molecule has 8 heavy (non-hydrogen) atoms. The average molecular weight is 158 g/mol. The van der Waals surface area contributed by atoms with Crippen molar-refractivity contribution in [3.8, 4) is 0 Å². The first kappa shape index (κ1) is 8.11. The monoisotopic (exact) mass is 158 g/mol. The Hall–Kier alpha value is 0.110. The molecule has 2 N–H and O–H groups in total. The Balaban J connectivity index is 4.04. The van der Waals surface area contributed by atoms with Crippen molar-refractivity contribution in [1.82, 2.24) is 0 Å². The predicted molar refractivity (Wildman–Crippen MR) is 27.8 cm³/mol. The molecule has 4 nitrogen and oxygen atoms in total. The summed E-state index contributed by atoms with van der Waals surface area (Å²) in [5.41, 5.74) is -1.24. The SMILES string of the molecule is O=C(CCl)P(=O)(O)O. The zero-order valence-corrected chi connectivity index (χ0v) is 5.39. The lowest BCUT2D eigenvalue weighted by molar-refractivity contribution is -0.111. The normalized spacial score (nSPS) is 11.4. The van der Waals surface area contributed by atoms with Gasteiger partial charge in [0.15, 0.2) is 0 Å². The van der Waals surface area contributed by atoms with Gasteiger partial charge in [0, 0.05) is 0 Å². The van der Waals surface area contributed by atoms with E-state index in [1.54, 1.807) is 0 Å². The first-order valence-corrected chi connectivity index (χ1v) is 3.78. The second-order valence-corrected chi connectivity index (χ2v) is 2.93. The van der Waals surface area contributed by atoms with Gasteiger partial charge in [0.2, 0.25) is 0 Å². The number of carbonyl (C=O) groups is 1. The van der Waals surface area contributed by atoms with Gasteiger partial charge >= 0.3 is 7.60 Å². The van der Waals surface area contributed by atoms with E-state index in [1.165, 1.54) is 0 Å². The summed E-state index contributed by atoms with van der Waals surface area (Å²) in [6.07, 6.45) is 0. The van der Waals surface area contributed by atoms with Crippen molar-refractivity contribution in [3.63, 3.8) is 0 Å². The number of alkyl halides is 1. The van der Waals surface area contributed by atoms with E-state index in [-0.39, 0.29) is 0 Å². The third-order valence-electron chi connectivity index (χ3n) is 0.439. The Labute approximate surface area is 50.6 Å². The molecule has 0 aromatic carbocycles. The van der Waals surface area contributed by atoms with Crippen LogP contribution in [-0.4, -0.2) is 21.2 Å². The maximum absolute atomic E-state index is 9.94. The molecule has 0 amide bonds. The fraction of sp³-hybridized carbons (Fsp3) is 0.500. The van der Waals surface area contributed by atoms with Crippen molar-refractivity contribution >= 4 is 24.7 Å². The van der Waals surface area contributed by atoms with Crippen LogP contribution in [0.2, 0.25) is 0 Å². The van der Waals surface area contributed by atoms with Crippen molar-refractivity contribution in [2.45, 2.75) is 0 Å². The van der Waals surface area contributed by atoms with E-state index in [4.69, 9.17) is 21.4 Å². The van der Waals surface area contributed by atoms with Gasteiger partial charge in [-0.25, -0.2) is 0 Å². The second kappa shape index (κ2) is 2.60. The van der Waals surface area contributed by atoms with Crippen molar-refractivity contribution in [3.05, 3.63) is 0 Å². The molecule has 0 bridgehead atoms. The van der Waals surface area contributed by atoms with E-state index < -0.39 is 19.0 Å². The van der Waals surface area contributed by atoms with Gasteiger partial charge in [-0.05, 0) is 0 Å². The molecule has 48 valence electrons. The molecular formula is C2H4ClO4P. The Morgan fingerprint density at radius 1 is 1.62 bits per heavy atom. The first-order valence-electron chi connectivity index (χ1n) is 1.63. The van der Waals surface area contributed by atoms with Crippen LogP contribution in [0.3, 0.4) is 0 Å². The molecule has 0 unspecified atom stereocenters. The lowest BCUT2D eigenvalue weighted by Gasteiger charge is -1.94. The highest BCUT2D eigenvalue weighted by molar-refractivity contribution is 7.70. The van der Waals surface area contributed by atoms with Gasteiger partial charge in [-0.15, -0.1) is 11.6 Å². The number of halogens is 1. The lowest BCUT2D eigenvalue weighted by Crippen LogP contribution is -1.98. The zero-order chi connectivity index (χ0) is 6.78. The Kier molecular flexibility index (Phi) is 2.63. The lowest BCUT2D eigenvalue weighted by atomic mass is 10.9. The molecule has 0 radical (unpaired) electrons. The minimum Gasteiger partial charge on any atom is -0.319 e. The molecule has 0 saturated heterocycles. The number of hydrogen-bond donors (Lipinski definition) is 2. The van der Waals surface area contributed by atoms with Gasteiger partial charge in [-0.3, -0.25) is 9.36 Å². The van der Waals surface area contributed by atoms with Crippen LogP contribution in [0.1, 0.15) is 0 Å². The molecule has 0 aromatic rings. The molecule has 0 saturated carbocycles. The van der Waals surface area contributed by atoms with Gasteiger partial charge in [0.25, 0.3) is 5.52 Å². The van der Waals surface area contributed by atoms with Gasteiger partial charge in [-0.1, -0.05) is 0 Å². The Bertz CT molecular complexity index is 137. The number of carbonyl (C=O) groups excluding carboxylic acids is 1. The zero-order valence-electron chi connectivity index (χ0n) is 3.74. The number of hydrogen-bond acceptors (Lipinski definition) is 2. The van der Waals surface area contributed by atoms with Crippen LogP contribution in [-0.2, 0) is 9.36 Å². The molecule has 0 spiro atoms. The molecule has 0 fully saturated rings. The largest absolute Gasteiger partial charge is 0.392 e. The fourth-order valence-electron chi connectivity index (χ4n) is 0.0778. The third-order valence-corrected chi connectivity index (χ3v) is 1.68. The molecule has 0 aliphatic carbocycles. The van der Waals surface area contributed by atoms with E-state index >= 15 is 0 Å². The highest BCUT2D eigenvalue weighted by atomic mass is 35.5. The maximum Gasteiger partial charge on any atom is 0.392 e. The summed E-state index contributed by atoms with van der Waals surface area (Å²) < 4.78 is 9.82. The Morgan fingerprint density at radius 2 is 2.00 bits per heavy atom. The van der Waals surface area contributed by atoms with E-state index in [0.29, 0.717) is 0 Å². The number of rotatable bonds is 2. The van der Waals surface area contributed by atoms with E-state index in [9.17, 15) is 9.36 Å². The molecular weight excluding hydrogens is 154 g/mol. The van der Waals surface area contributed by atoms with E-state index in [1.807, 2.05) is 0 Å². The smallest absolute Gasteiger partial charge is 0.319 e. The topological polar surface area (TPSA) is 74.6 Å². The molecule has 0 atom stereocenters. The molecule has 0 heterocycles. The van der Waals surface area contributed by atoms with Gasteiger partial charge in [0.05, 0.1) is 5.88 Å². The van der Waals surface area contributed by atoms with Crippen LogP contribution in [0.5, 0.6) is 0 Å². The van der Waals surface area contributed by atoms with Crippen molar-refractivity contribution in [1.29, 1.82) is 0 Å². The minimum absolute atomic E-state index is 0.635. The van der Waals surface area contributed by atoms with Crippen LogP contribution < -0.4 is 0 Å². The van der Waals surface area contributed by atoms with E-state index in [2.05, 4.69) is 0 Å². The summed E-state index contributed by atoms with van der Waals surface area (Å²) in [5.74, 6) is -0.635. The standard InChI is InChI=1S/C2H4ClO4P/c3-1-2(4)8(5,6)7/h1H2,(H2,5,6,7). The summed E-state index contributed by atoms with van der Waals surface area (Å²) in [6, 6.07) is 0. The summed E-state index contributed by atoms with van der Waals surface area (Å²) in [5, 5.41) is 0. The van der Waals surface area contributed by atoms with Gasteiger partial charge < -0.3 is 9.79 Å². The predicted octanol–water partition coefficient (Wildman–Crippen LogP) is -0.0705. The molecule has 6 heteroatoms.